The number of amides is 2. The highest BCUT2D eigenvalue weighted by Gasteiger charge is 2.31. The number of fused-ring (bicyclic) bond motifs is 4. The summed E-state index contributed by atoms with van der Waals surface area (Å²) in [6.07, 6.45) is 0.618. The lowest BCUT2D eigenvalue weighted by atomic mass is 10.1. The number of aromatic nitrogens is 3. The van der Waals surface area contributed by atoms with Crippen LogP contribution in [0.3, 0.4) is 0 Å². The Labute approximate surface area is 244 Å². The standard InChI is InChI=1S/C30H26FN5O5S/c1-15-8-19(25-22(9-15)34-24(39-4)13-32-25)28-35-23-12-21(31)26-20(27(23)42-28)11-18(41-26)14-40-30(38)33-17-7-5-6-16(10-17)29(37)36(2)3/h5-10,12-13,18H,11,14H2,1-4H3,(H,33,38)/t18-/m1/s1. The molecule has 0 spiro atoms. The molecule has 2 aromatic heterocycles. The lowest BCUT2D eigenvalue weighted by Gasteiger charge is -2.13. The van der Waals surface area contributed by atoms with E-state index in [1.807, 2.05) is 19.1 Å². The molecule has 0 saturated heterocycles. The number of anilines is 1. The molecule has 3 aromatic carbocycles. The average molecular weight is 588 g/mol. The maximum atomic E-state index is 15.1. The van der Waals surface area contributed by atoms with E-state index in [9.17, 15) is 9.59 Å². The number of rotatable bonds is 6. The van der Waals surface area contributed by atoms with Gasteiger partial charge in [0.15, 0.2) is 11.6 Å². The minimum atomic E-state index is -0.709. The van der Waals surface area contributed by atoms with Crippen molar-refractivity contribution in [2.24, 2.45) is 0 Å². The average Bonchev–Trinajstić information content (AvgIpc) is 3.60. The van der Waals surface area contributed by atoms with Crippen molar-refractivity contribution in [3.05, 3.63) is 71.2 Å². The number of carbonyl (C=O) groups excluding carboxylic acids is 2. The molecule has 0 aliphatic carbocycles. The normalized spacial score (nSPS) is 14.0. The van der Waals surface area contributed by atoms with Gasteiger partial charge in [0.2, 0.25) is 5.88 Å². The van der Waals surface area contributed by atoms with Gasteiger partial charge in [-0.3, -0.25) is 10.1 Å². The van der Waals surface area contributed by atoms with E-state index in [1.165, 1.54) is 29.4 Å². The van der Waals surface area contributed by atoms with Crippen LogP contribution in [0, 0.1) is 12.7 Å². The van der Waals surface area contributed by atoms with E-state index in [0.717, 1.165) is 15.8 Å². The number of hydrogen-bond donors (Lipinski definition) is 1. The summed E-state index contributed by atoms with van der Waals surface area (Å²) in [4.78, 5) is 39.9. The highest BCUT2D eigenvalue weighted by atomic mass is 32.1. The van der Waals surface area contributed by atoms with Gasteiger partial charge in [-0.05, 0) is 42.8 Å². The molecule has 0 bridgehead atoms. The number of methoxy groups -OCH3 is 1. The van der Waals surface area contributed by atoms with E-state index in [4.69, 9.17) is 19.2 Å². The molecule has 5 aromatic rings. The van der Waals surface area contributed by atoms with Crippen LogP contribution in [-0.2, 0) is 11.2 Å². The molecular formula is C30H26FN5O5S. The van der Waals surface area contributed by atoms with Gasteiger partial charge in [-0.1, -0.05) is 6.07 Å². The Kier molecular flexibility index (Phi) is 7.07. The third kappa shape index (κ3) is 5.16. The largest absolute Gasteiger partial charge is 0.483 e. The zero-order valence-corrected chi connectivity index (χ0v) is 24.0. The second-order valence-corrected chi connectivity index (χ2v) is 11.1. The summed E-state index contributed by atoms with van der Waals surface area (Å²) in [6, 6.07) is 11.8. The van der Waals surface area contributed by atoms with Crippen LogP contribution in [-0.4, -0.2) is 65.8 Å². The molecule has 0 unspecified atom stereocenters. The summed E-state index contributed by atoms with van der Waals surface area (Å²) in [5, 5.41) is 3.30. The number of thiazole rings is 1. The molecule has 1 atom stereocenters. The minimum Gasteiger partial charge on any atom is -0.483 e. The van der Waals surface area contributed by atoms with Crippen LogP contribution in [0.4, 0.5) is 14.9 Å². The van der Waals surface area contributed by atoms with Crippen LogP contribution >= 0.6 is 11.3 Å². The summed E-state index contributed by atoms with van der Waals surface area (Å²) < 4.78 is 32.4. The van der Waals surface area contributed by atoms with Crippen LogP contribution in [0.1, 0.15) is 21.5 Å². The van der Waals surface area contributed by atoms with Crippen LogP contribution in [0.5, 0.6) is 11.6 Å². The molecule has 214 valence electrons. The van der Waals surface area contributed by atoms with Gasteiger partial charge in [-0.15, -0.1) is 11.3 Å². The van der Waals surface area contributed by atoms with Crippen molar-refractivity contribution in [1.29, 1.82) is 0 Å². The number of nitrogens with zero attached hydrogens (tertiary/aromatic N) is 4. The van der Waals surface area contributed by atoms with Crippen molar-refractivity contribution in [1.82, 2.24) is 19.9 Å². The smallest absolute Gasteiger partial charge is 0.411 e. The Morgan fingerprint density at radius 2 is 2.00 bits per heavy atom. The third-order valence-electron chi connectivity index (χ3n) is 6.77. The summed E-state index contributed by atoms with van der Waals surface area (Å²) >= 11 is 1.42. The third-order valence-corrected chi connectivity index (χ3v) is 7.93. The summed E-state index contributed by atoms with van der Waals surface area (Å²) in [5.74, 6) is -0.162. The predicted molar refractivity (Wildman–Crippen MR) is 157 cm³/mol. The number of nitrogens with one attached hydrogen (secondary N) is 1. The maximum Gasteiger partial charge on any atom is 0.411 e. The first-order valence-corrected chi connectivity index (χ1v) is 13.9. The molecule has 12 heteroatoms. The second kappa shape index (κ2) is 10.9. The molecule has 10 nitrogen and oxygen atoms in total. The van der Waals surface area contributed by atoms with Gasteiger partial charge in [0.25, 0.3) is 5.91 Å². The Hall–Kier alpha value is -4.84. The number of carbonyl (C=O) groups is 2. The van der Waals surface area contributed by atoms with Crippen LogP contribution in [0.15, 0.2) is 48.7 Å². The van der Waals surface area contributed by atoms with Crippen LogP contribution < -0.4 is 14.8 Å². The van der Waals surface area contributed by atoms with Crippen LogP contribution in [0.2, 0.25) is 0 Å². The molecule has 1 aliphatic heterocycles. The lowest BCUT2D eigenvalue weighted by molar-refractivity contribution is 0.0827. The van der Waals surface area contributed by atoms with Crippen molar-refractivity contribution in [3.63, 3.8) is 0 Å². The topological polar surface area (TPSA) is 116 Å². The van der Waals surface area contributed by atoms with Gasteiger partial charge in [-0.2, -0.15) is 0 Å². The molecule has 0 radical (unpaired) electrons. The highest BCUT2D eigenvalue weighted by Crippen LogP contribution is 2.43. The van der Waals surface area contributed by atoms with Gasteiger partial charge < -0.3 is 19.1 Å². The monoisotopic (exact) mass is 587 g/mol. The molecule has 42 heavy (non-hydrogen) atoms. The van der Waals surface area contributed by atoms with E-state index in [0.29, 0.717) is 50.7 Å². The quantitative estimate of drug-likeness (QED) is 0.272. The first-order chi connectivity index (χ1) is 20.2. The fourth-order valence-electron chi connectivity index (χ4n) is 4.86. The van der Waals surface area contributed by atoms with Gasteiger partial charge in [0, 0.05) is 49.0 Å². The number of aryl methyl sites for hydroxylation is 1. The number of benzene rings is 3. The number of halogens is 1. The van der Waals surface area contributed by atoms with E-state index < -0.39 is 18.0 Å². The van der Waals surface area contributed by atoms with Crippen molar-refractivity contribution in [2.75, 3.05) is 33.1 Å². The lowest BCUT2D eigenvalue weighted by Crippen LogP contribution is -2.25. The number of hydrogen-bond acceptors (Lipinski definition) is 9. The fourth-order valence-corrected chi connectivity index (χ4v) is 5.97. The Morgan fingerprint density at radius 3 is 2.79 bits per heavy atom. The first kappa shape index (κ1) is 27.3. The zero-order chi connectivity index (χ0) is 29.5. The molecule has 0 fully saturated rings. The maximum absolute atomic E-state index is 15.1. The van der Waals surface area contributed by atoms with Gasteiger partial charge in [0.1, 0.15) is 17.7 Å². The van der Waals surface area contributed by atoms with E-state index in [1.54, 1.807) is 44.6 Å². The van der Waals surface area contributed by atoms with Crippen molar-refractivity contribution in [3.8, 4) is 22.2 Å². The predicted octanol–water partition coefficient (Wildman–Crippen LogP) is 5.62. The Bertz CT molecular complexity index is 1870. The highest BCUT2D eigenvalue weighted by molar-refractivity contribution is 7.22. The summed E-state index contributed by atoms with van der Waals surface area (Å²) in [7, 11) is 4.84. The Balaban J connectivity index is 1.20. The van der Waals surface area contributed by atoms with Crippen molar-refractivity contribution in [2.45, 2.75) is 19.4 Å². The molecule has 3 heterocycles. The summed E-state index contributed by atoms with van der Waals surface area (Å²) in [6.45, 7) is 1.87. The molecule has 1 N–H and O–H groups in total. The van der Waals surface area contributed by atoms with Crippen molar-refractivity contribution < 1.29 is 28.2 Å². The minimum absolute atomic E-state index is 0.0939. The second-order valence-electron chi connectivity index (χ2n) is 10.1. The van der Waals surface area contributed by atoms with E-state index >= 15 is 4.39 Å². The van der Waals surface area contributed by atoms with Gasteiger partial charge >= 0.3 is 6.09 Å². The van der Waals surface area contributed by atoms with Crippen LogP contribution in [0.25, 0.3) is 31.8 Å². The van der Waals surface area contributed by atoms with Crippen molar-refractivity contribution >= 4 is 50.3 Å². The molecule has 1 aliphatic rings. The first-order valence-electron chi connectivity index (χ1n) is 13.1. The van der Waals surface area contributed by atoms with Gasteiger partial charge in [0.05, 0.1) is 34.6 Å². The van der Waals surface area contributed by atoms with E-state index in [2.05, 4.69) is 15.3 Å². The SMILES string of the molecule is COc1cnc2c(-c3nc4cc(F)c5c(c4s3)C[C@H](COC(=O)Nc3cccc(C(=O)N(C)C)c3)O5)cc(C)cc2n1. The Morgan fingerprint density at radius 1 is 1.17 bits per heavy atom. The molecule has 0 saturated carbocycles. The zero-order valence-electron chi connectivity index (χ0n) is 23.2. The fraction of sp³-hybridized carbons (Fsp3) is 0.233. The molecule has 2 amide bonds. The number of ether oxygens (including phenoxy) is 3. The molecule has 6 rings (SSSR count). The summed E-state index contributed by atoms with van der Waals surface area (Å²) in [5.41, 5.74) is 5.16. The molecular weight excluding hydrogens is 561 g/mol. The van der Waals surface area contributed by atoms with Gasteiger partial charge in [-0.25, -0.2) is 24.1 Å². The van der Waals surface area contributed by atoms with E-state index in [-0.39, 0.29) is 18.3 Å².